The predicted octanol–water partition coefficient (Wildman–Crippen LogP) is 0.329. The number of carboxylic acid groups (broad SMARTS) is 1. The summed E-state index contributed by atoms with van der Waals surface area (Å²) < 4.78 is 9.07. The number of carbonyl (C=O) groups excluding carboxylic acids is 4. The second-order valence-corrected chi connectivity index (χ2v) is 5.94. The van der Waals surface area contributed by atoms with Crippen molar-refractivity contribution < 1.29 is 95.4 Å². The summed E-state index contributed by atoms with van der Waals surface area (Å²) in [5.41, 5.74) is 0. The summed E-state index contributed by atoms with van der Waals surface area (Å²) in [6.45, 7) is 11.8. The molecular weight excluding hydrogens is 435 g/mol. The maximum atomic E-state index is 11.4. The second-order valence-electron chi connectivity index (χ2n) is 5.94. The molecule has 0 amide bonds. The van der Waals surface area contributed by atoms with E-state index >= 15 is 0 Å². The van der Waals surface area contributed by atoms with E-state index in [9.17, 15) is 24.0 Å². The SMILES string of the molecule is CCC(CC)C(=O)O.CCOC(=O)CC(=O)C(CC)CC.CCOC(=O)C[C-]=O.[K+].[OH-]. The minimum absolute atomic E-state index is 0. The van der Waals surface area contributed by atoms with Gasteiger partial charge in [0.1, 0.15) is 12.2 Å². The molecule has 0 aliphatic heterocycles. The molecule has 10 heteroatoms. The third-order valence-corrected chi connectivity index (χ3v) is 3.92. The van der Waals surface area contributed by atoms with Gasteiger partial charge in [0, 0.05) is 5.92 Å². The van der Waals surface area contributed by atoms with Crippen LogP contribution in [-0.4, -0.2) is 53.8 Å². The van der Waals surface area contributed by atoms with Crippen molar-refractivity contribution in [2.75, 3.05) is 13.2 Å². The van der Waals surface area contributed by atoms with Gasteiger partial charge in [-0.1, -0.05) is 34.1 Å². The van der Waals surface area contributed by atoms with E-state index in [2.05, 4.69) is 4.74 Å². The Morgan fingerprint density at radius 1 is 0.774 bits per heavy atom. The zero-order valence-electron chi connectivity index (χ0n) is 20.1. The Morgan fingerprint density at radius 2 is 1.16 bits per heavy atom. The summed E-state index contributed by atoms with van der Waals surface area (Å²) in [6.07, 6.45) is 4.19. The molecule has 2 N–H and O–H groups in total. The first-order valence-electron chi connectivity index (χ1n) is 10.1. The standard InChI is InChI=1S/C10H18O3.C6H12O2.C5H7O3.K.H2O/c1-4-8(5-2)9(11)7-10(12)13-6-3;1-3-5(4-2)6(7)8;1-2-8-5(7)3-4-6;;/h8H,4-7H2,1-3H3;5H,3-4H2,1-2H3,(H,7,8);2-3H2,1H3;;1H2/q;;-1;+1;/p-1. The fourth-order valence-corrected chi connectivity index (χ4v) is 2.15. The average molecular weight is 474 g/mol. The number of esters is 2. The van der Waals surface area contributed by atoms with Crippen molar-refractivity contribution >= 4 is 30.0 Å². The van der Waals surface area contributed by atoms with E-state index in [1.54, 1.807) is 13.8 Å². The van der Waals surface area contributed by atoms with Crippen LogP contribution in [0.15, 0.2) is 0 Å². The Bertz CT molecular complexity index is 473. The number of hydrogen-bond acceptors (Lipinski definition) is 8. The van der Waals surface area contributed by atoms with Crippen molar-refractivity contribution in [3.8, 4) is 0 Å². The monoisotopic (exact) mass is 473 g/mol. The van der Waals surface area contributed by atoms with Gasteiger partial charge in [-0.25, -0.2) is 0 Å². The molecule has 0 heterocycles. The van der Waals surface area contributed by atoms with E-state index in [-0.39, 0.29) is 87.3 Å². The summed E-state index contributed by atoms with van der Waals surface area (Å²) in [5.74, 6) is -1.69. The van der Waals surface area contributed by atoms with E-state index in [0.717, 1.165) is 25.7 Å². The largest absolute Gasteiger partial charge is 1.00 e. The smallest absolute Gasteiger partial charge is 0.870 e. The molecule has 9 nitrogen and oxygen atoms in total. The summed E-state index contributed by atoms with van der Waals surface area (Å²) >= 11 is 0. The van der Waals surface area contributed by atoms with E-state index in [1.807, 2.05) is 27.7 Å². The third-order valence-electron chi connectivity index (χ3n) is 3.92. The molecule has 0 saturated carbocycles. The van der Waals surface area contributed by atoms with Crippen LogP contribution < -0.4 is 51.4 Å². The summed E-state index contributed by atoms with van der Waals surface area (Å²) in [4.78, 5) is 52.1. The van der Waals surface area contributed by atoms with Crippen LogP contribution in [0.4, 0.5) is 0 Å². The molecule has 0 rings (SSSR count). The molecule has 0 bridgehead atoms. The van der Waals surface area contributed by atoms with Crippen molar-refractivity contribution in [3.63, 3.8) is 0 Å². The normalized spacial score (nSPS) is 8.90. The maximum Gasteiger partial charge on any atom is 1.00 e. The molecule has 0 radical (unpaired) electrons. The molecule has 0 spiro atoms. The van der Waals surface area contributed by atoms with Crippen LogP contribution in [0.1, 0.15) is 80.1 Å². The van der Waals surface area contributed by atoms with E-state index in [4.69, 9.17) is 9.84 Å². The van der Waals surface area contributed by atoms with Gasteiger partial charge in [-0.3, -0.25) is 25.5 Å². The quantitative estimate of drug-likeness (QED) is 0.183. The van der Waals surface area contributed by atoms with Crippen LogP contribution in [0, 0.1) is 11.8 Å². The molecule has 0 aromatic heterocycles. The van der Waals surface area contributed by atoms with Gasteiger partial charge in [0.25, 0.3) is 5.97 Å². The first kappa shape index (κ1) is 40.7. The third kappa shape index (κ3) is 27.3. The number of carbonyl (C=O) groups is 4. The van der Waals surface area contributed by atoms with E-state index in [0.29, 0.717) is 13.2 Å². The molecule has 31 heavy (non-hydrogen) atoms. The number of rotatable bonds is 12. The van der Waals surface area contributed by atoms with Crippen LogP contribution in [0.25, 0.3) is 0 Å². The van der Waals surface area contributed by atoms with Gasteiger partial charge in [0.2, 0.25) is 0 Å². The first-order chi connectivity index (χ1) is 13.7. The molecule has 0 aliphatic carbocycles. The maximum absolute atomic E-state index is 11.4. The minimum Gasteiger partial charge on any atom is -0.870 e. The molecule has 0 saturated heterocycles. The molecule has 0 aromatic rings. The average Bonchev–Trinajstić information content (AvgIpc) is 2.65. The van der Waals surface area contributed by atoms with Crippen LogP contribution in [0.2, 0.25) is 0 Å². The molecular formula is C21H38KO9-. The Kier molecular flexibility index (Phi) is 38.5. The van der Waals surface area contributed by atoms with E-state index in [1.165, 1.54) is 6.29 Å². The van der Waals surface area contributed by atoms with Crippen molar-refractivity contribution in [1.82, 2.24) is 0 Å². The molecule has 0 aromatic carbocycles. The number of aliphatic carboxylic acids is 1. The van der Waals surface area contributed by atoms with Gasteiger partial charge in [-0.15, -0.1) is 0 Å². The number of ketones is 1. The van der Waals surface area contributed by atoms with Crippen molar-refractivity contribution in [1.29, 1.82) is 0 Å². The predicted molar refractivity (Wildman–Crippen MR) is 111 cm³/mol. The summed E-state index contributed by atoms with van der Waals surface area (Å²) in [5, 5.41) is 8.37. The van der Waals surface area contributed by atoms with Gasteiger partial charge >= 0.3 is 63.3 Å². The summed E-state index contributed by atoms with van der Waals surface area (Å²) in [6, 6.07) is 0. The van der Waals surface area contributed by atoms with Gasteiger partial charge < -0.3 is 24.9 Å². The van der Waals surface area contributed by atoms with Crippen LogP contribution in [0.3, 0.4) is 0 Å². The molecule has 0 fully saturated rings. The van der Waals surface area contributed by atoms with Crippen LogP contribution in [-0.2, 0) is 33.4 Å². The van der Waals surface area contributed by atoms with Gasteiger partial charge in [-0.2, -0.15) is 0 Å². The minimum atomic E-state index is -0.671. The molecule has 0 aliphatic rings. The molecule has 0 unspecified atom stereocenters. The Balaban J connectivity index is -0.000000111. The van der Waals surface area contributed by atoms with Gasteiger partial charge in [0.05, 0.1) is 19.1 Å². The topological polar surface area (TPSA) is 154 Å². The number of hydrogen-bond donors (Lipinski definition) is 1. The first-order valence-corrected chi connectivity index (χ1v) is 10.1. The fourth-order valence-electron chi connectivity index (χ4n) is 2.15. The molecule has 178 valence electrons. The Labute approximate surface area is 228 Å². The van der Waals surface area contributed by atoms with Gasteiger partial charge in [0.15, 0.2) is 0 Å². The zero-order valence-corrected chi connectivity index (χ0v) is 23.2. The van der Waals surface area contributed by atoms with Crippen molar-refractivity contribution in [2.45, 2.75) is 80.1 Å². The zero-order chi connectivity index (χ0) is 23.2. The Hall–Kier alpha value is -0.654. The van der Waals surface area contributed by atoms with Crippen molar-refractivity contribution in [2.24, 2.45) is 11.8 Å². The number of ether oxygens (including phenoxy) is 2. The van der Waals surface area contributed by atoms with Crippen LogP contribution >= 0.6 is 0 Å². The van der Waals surface area contributed by atoms with E-state index < -0.39 is 17.9 Å². The fraction of sp³-hybridized carbons (Fsp3) is 0.762. The Morgan fingerprint density at radius 3 is 1.42 bits per heavy atom. The molecule has 0 atom stereocenters. The number of Topliss-reactive ketones (excluding diaryl/α,β-unsaturated/α-hetero) is 1. The van der Waals surface area contributed by atoms with Crippen molar-refractivity contribution in [3.05, 3.63) is 0 Å². The van der Waals surface area contributed by atoms with Gasteiger partial charge in [-0.05, 0) is 39.5 Å². The number of carboxylic acids is 1. The second kappa shape index (κ2) is 29.3. The van der Waals surface area contributed by atoms with Crippen LogP contribution in [0.5, 0.6) is 0 Å². The summed E-state index contributed by atoms with van der Waals surface area (Å²) in [7, 11) is 0.